The highest BCUT2D eigenvalue weighted by atomic mass is 79.9. The van der Waals surface area contributed by atoms with Gasteiger partial charge in [-0.1, -0.05) is 46.3 Å². The van der Waals surface area contributed by atoms with Crippen molar-refractivity contribution in [2.45, 2.75) is 36.6 Å². The molecule has 1 N–H and O–H groups in total. The Morgan fingerprint density at radius 1 is 1.00 bits per heavy atom. The molecule has 5 nitrogen and oxygen atoms in total. The number of benzene rings is 2. The van der Waals surface area contributed by atoms with Crippen LogP contribution in [0.15, 0.2) is 64.0 Å². The molecule has 7 heteroatoms. The second kappa shape index (κ2) is 8.99. The molecule has 1 saturated heterocycles. The van der Waals surface area contributed by atoms with E-state index in [9.17, 15) is 13.2 Å². The number of likely N-dealkylation sites (tertiary alicyclic amines) is 1. The molecule has 2 aromatic carbocycles. The fraction of sp³-hybridized carbons (Fsp3) is 0.350. The highest BCUT2D eigenvalue weighted by Gasteiger charge is 2.30. The second-order valence-corrected chi connectivity index (χ2v) is 9.33. The molecule has 27 heavy (non-hydrogen) atoms. The third-order valence-electron chi connectivity index (χ3n) is 4.67. The number of carbonyl (C=O) groups excluding carboxylic acids is 1. The van der Waals surface area contributed by atoms with E-state index in [0.29, 0.717) is 19.5 Å². The van der Waals surface area contributed by atoms with Crippen molar-refractivity contribution in [3.63, 3.8) is 0 Å². The second-order valence-electron chi connectivity index (χ2n) is 6.70. The van der Waals surface area contributed by atoms with Crippen LogP contribution < -0.4 is 4.72 Å². The average Bonchev–Trinajstić information content (AvgIpc) is 2.68. The summed E-state index contributed by atoms with van der Waals surface area (Å²) in [6.45, 7) is 1.37. The maximum Gasteiger partial charge on any atom is 0.241 e. The first kappa shape index (κ1) is 20.0. The van der Waals surface area contributed by atoms with Gasteiger partial charge in [-0.15, -0.1) is 0 Å². The standard InChI is InChI=1S/C20H23BrN2O3S/c21-17-9-11-18(12-10-17)27(25,26)22-19(15-16-7-3-1-4-8-16)20(24)23-13-5-2-6-14-23/h1,3-4,7-12,19,22H,2,5-6,13-15H2/t19-/m0/s1. The number of nitrogens with zero attached hydrogens (tertiary/aromatic N) is 1. The number of rotatable bonds is 6. The van der Waals surface area contributed by atoms with Gasteiger partial charge in [0.1, 0.15) is 6.04 Å². The van der Waals surface area contributed by atoms with Crippen molar-refractivity contribution in [3.05, 3.63) is 64.6 Å². The van der Waals surface area contributed by atoms with E-state index in [1.165, 1.54) is 12.1 Å². The van der Waals surface area contributed by atoms with Crippen LogP contribution in [0.1, 0.15) is 24.8 Å². The van der Waals surface area contributed by atoms with E-state index in [4.69, 9.17) is 0 Å². The van der Waals surface area contributed by atoms with Crippen LogP contribution in [0, 0.1) is 0 Å². The Labute approximate surface area is 169 Å². The summed E-state index contributed by atoms with van der Waals surface area (Å²) in [5.74, 6) is -0.153. The lowest BCUT2D eigenvalue weighted by Crippen LogP contribution is -2.50. The number of hydrogen-bond donors (Lipinski definition) is 1. The minimum Gasteiger partial charge on any atom is -0.341 e. The number of amides is 1. The molecule has 144 valence electrons. The van der Waals surface area contributed by atoms with Crippen molar-refractivity contribution in [2.75, 3.05) is 13.1 Å². The van der Waals surface area contributed by atoms with Crippen molar-refractivity contribution < 1.29 is 13.2 Å². The fourth-order valence-corrected chi connectivity index (χ4v) is 4.69. The topological polar surface area (TPSA) is 66.5 Å². The van der Waals surface area contributed by atoms with Crippen molar-refractivity contribution >= 4 is 31.9 Å². The van der Waals surface area contributed by atoms with Crippen LogP contribution in [0.3, 0.4) is 0 Å². The van der Waals surface area contributed by atoms with Crippen LogP contribution in [-0.4, -0.2) is 38.4 Å². The molecule has 1 atom stereocenters. The van der Waals surface area contributed by atoms with Crippen LogP contribution in [0.2, 0.25) is 0 Å². The monoisotopic (exact) mass is 450 g/mol. The van der Waals surface area contributed by atoms with Gasteiger partial charge in [-0.3, -0.25) is 4.79 Å². The van der Waals surface area contributed by atoms with E-state index >= 15 is 0 Å². The van der Waals surface area contributed by atoms with Gasteiger partial charge < -0.3 is 4.90 Å². The zero-order valence-corrected chi connectivity index (χ0v) is 17.4. The van der Waals surface area contributed by atoms with Gasteiger partial charge in [0.15, 0.2) is 0 Å². The fourth-order valence-electron chi connectivity index (χ4n) is 3.23. The molecule has 1 aliphatic rings. The van der Waals surface area contributed by atoms with Gasteiger partial charge in [0, 0.05) is 17.6 Å². The van der Waals surface area contributed by atoms with Crippen LogP contribution in [0.4, 0.5) is 0 Å². The Morgan fingerprint density at radius 3 is 2.26 bits per heavy atom. The number of carbonyl (C=O) groups is 1. The quantitative estimate of drug-likeness (QED) is 0.733. The van der Waals surface area contributed by atoms with E-state index in [1.807, 2.05) is 30.3 Å². The number of sulfonamides is 1. The first-order valence-corrected chi connectivity index (χ1v) is 11.3. The number of halogens is 1. The molecule has 0 unspecified atom stereocenters. The van der Waals surface area contributed by atoms with Crippen molar-refractivity contribution in [1.29, 1.82) is 0 Å². The summed E-state index contributed by atoms with van der Waals surface area (Å²) >= 11 is 3.31. The molecule has 3 rings (SSSR count). The Kier molecular flexibility index (Phi) is 6.68. The summed E-state index contributed by atoms with van der Waals surface area (Å²) in [5.41, 5.74) is 0.923. The molecule has 1 heterocycles. The maximum atomic E-state index is 13.1. The summed E-state index contributed by atoms with van der Waals surface area (Å²) < 4.78 is 29.1. The van der Waals surface area contributed by atoms with Gasteiger partial charge in [-0.2, -0.15) is 4.72 Å². The number of hydrogen-bond acceptors (Lipinski definition) is 3. The van der Waals surface area contributed by atoms with E-state index in [1.54, 1.807) is 17.0 Å². The first-order chi connectivity index (χ1) is 13.0. The minimum absolute atomic E-state index is 0.148. The Morgan fingerprint density at radius 2 is 1.63 bits per heavy atom. The van der Waals surface area contributed by atoms with E-state index in [0.717, 1.165) is 29.3 Å². The zero-order chi connectivity index (χ0) is 19.3. The molecular formula is C20H23BrN2O3S. The molecule has 0 spiro atoms. The van der Waals surface area contributed by atoms with E-state index in [2.05, 4.69) is 20.7 Å². The normalized spacial score (nSPS) is 16.1. The summed E-state index contributed by atoms with van der Waals surface area (Å²) in [6, 6.07) is 15.1. The molecule has 0 bridgehead atoms. The van der Waals surface area contributed by atoms with Gasteiger partial charge in [-0.25, -0.2) is 8.42 Å². The molecular weight excluding hydrogens is 428 g/mol. The molecule has 1 amide bonds. The average molecular weight is 451 g/mol. The van der Waals surface area contributed by atoms with Crippen LogP contribution in [0.25, 0.3) is 0 Å². The van der Waals surface area contributed by atoms with Crippen LogP contribution in [-0.2, 0) is 21.2 Å². The molecule has 1 aliphatic heterocycles. The van der Waals surface area contributed by atoms with Gasteiger partial charge in [0.05, 0.1) is 4.90 Å². The highest BCUT2D eigenvalue weighted by molar-refractivity contribution is 9.10. The molecule has 1 fully saturated rings. The lowest BCUT2D eigenvalue weighted by atomic mass is 10.0. The highest BCUT2D eigenvalue weighted by Crippen LogP contribution is 2.17. The summed E-state index contributed by atoms with van der Waals surface area (Å²) in [5, 5.41) is 0. The minimum atomic E-state index is -3.80. The lowest BCUT2D eigenvalue weighted by Gasteiger charge is -2.30. The maximum absolute atomic E-state index is 13.1. The molecule has 0 saturated carbocycles. The Bertz CT molecular complexity index is 864. The van der Waals surface area contributed by atoms with E-state index < -0.39 is 16.1 Å². The third kappa shape index (κ3) is 5.40. The molecule has 2 aromatic rings. The summed E-state index contributed by atoms with van der Waals surface area (Å²) in [6.07, 6.45) is 3.36. The van der Waals surface area contributed by atoms with Crippen molar-refractivity contribution in [3.8, 4) is 0 Å². The molecule has 0 radical (unpaired) electrons. The van der Waals surface area contributed by atoms with Gasteiger partial charge in [0.2, 0.25) is 15.9 Å². The Balaban J connectivity index is 1.84. The number of piperidine rings is 1. The van der Waals surface area contributed by atoms with E-state index in [-0.39, 0.29) is 10.8 Å². The third-order valence-corrected chi connectivity index (χ3v) is 6.69. The van der Waals surface area contributed by atoms with Crippen LogP contribution >= 0.6 is 15.9 Å². The first-order valence-electron chi connectivity index (χ1n) is 9.06. The van der Waals surface area contributed by atoms with Gasteiger partial charge in [-0.05, 0) is 55.5 Å². The predicted octanol–water partition coefficient (Wildman–Crippen LogP) is 3.35. The summed E-state index contributed by atoms with van der Waals surface area (Å²) in [7, 11) is -3.80. The van der Waals surface area contributed by atoms with Gasteiger partial charge in [0.25, 0.3) is 0 Å². The largest absolute Gasteiger partial charge is 0.341 e. The Hall–Kier alpha value is -1.70. The SMILES string of the molecule is O=C([C@H](Cc1ccccc1)NS(=O)(=O)c1ccc(Br)cc1)N1CCCCC1. The van der Waals surface area contributed by atoms with Crippen LogP contribution in [0.5, 0.6) is 0 Å². The van der Waals surface area contributed by atoms with Gasteiger partial charge >= 0.3 is 0 Å². The number of nitrogens with one attached hydrogen (secondary N) is 1. The molecule has 0 aliphatic carbocycles. The van der Waals surface area contributed by atoms with Crippen molar-refractivity contribution in [1.82, 2.24) is 9.62 Å². The molecule has 0 aromatic heterocycles. The lowest BCUT2D eigenvalue weighted by molar-refractivity contribution is -0.133. The predicted molar refractivity (Wildman–Crippen MR) is 109 cm³/mol. The summed E-state index contributed by atoms with van der Waals surface area (Å²) in [4.78, 5) is 15.0. The zero-order valence-electron chi connectivity index (χ0n) is 15.0. The smallest absolute Gasteiger partial charge is 0.241 e. The van der Waals surface area contributed by atoms with Crippen molar-refractivity contribution in [2.24, 2.45) is 0 Å².